The van der Waals surface area contributed by atoms with Gasteiger partial charge in [0, 0.05) is 6.61 Å². The van der Waals surface area contributed by atoms with E-state index < -0.39 is 0 Å². The quantitative estimate of drug-likeness (QED) is 0.617. The van der Waals surface area contributed by atoms with Crippen LogP contribution in [0.15, 0.2) is 0 Å². The first kappa shape index (κ1) is 9.05. The van der Waals surface area contributed by atoms with Gasteiger partial charge < -0.3 is 5.11 Å². The second kappa shape index (κ2) is 2.78. The Morgan fingerprint density at radius 3 is 2.09 bits per heavy atom. The Morgan fingerprint density at radius 1 is 1.36 bits per heavy atom. The standard InChI is InChI=1S/C10H20O/c1-7-8(2)10(3,4)5-9(7)6-11/h7-9,11H,5-6H2,1-4H3/t7-,8-,9+/m1/s1. The third-order valence-corrected chi connectivity index (χ3v) is 3.79. The largest absolute Gasteiger partial charge is 0.396 e. The molecule has 11 heavy (non-hydrogen) atoms. The molecule has 0 aromatic heterocycles. The fraction of sp³-hybridized carbons (Fsp3) is 1.00. The van der Waals surface area contributed by atoms with Gasteiger partial charge in [-0.1, -0.05) is 27.7 Å². The maximum Gasteiger partial charge on any atom is 0.0462 e. The highest BCUT2D eigenvalue weighted by molar-refractivity contribution is 4.91. The Morgan fingerprint density at radius 2 is 1.91 bits per heavy atom. The minimum atomic E-state index is 0.370. The van der Waals surface area contributed by atoms with E-state index in [9.17, 15) is 0 Å². The van der Waals surface area contributed by atoms with Crippen LogP contribution in [0.1, 0.15) is 34.1 Å². The van der Waals surface area contributed by atoms with E-state index in [0.717, 1.165) is 5.92 Å². The lowest BCUT2D eigenvalue weighted by Crippen LogP contribution is -2.17. The molecule has 0 aliphatic heterocycles. The van der Waals surface area contributed by atoms with E-state index in [1.165, 1.54) is 6.42 Å². The molecule has 0 amide bonds. The van der Waals surface area contributed by atoms with E-state index >= 15 is 0 Å². The molecule has 1 nitrogen and oxygen atoms in total. The van der Waals surface area contributed by atoms with Crippen molar-refractivity contribution in [3.8, 4) is 0 Å². The van der Waals surface area contributed by atoms with Crippen LogP contribution >= 0.6 is 0 Å². The van der Waals surface area contributed by atoms with E-state index in [0.29, 0.717) is 23.9 Å². The molecular formula is C10H20O. The van der Waals surface area contributed by atoms with Gasteiger partial charge in [-0.25, -0.2) is 0 Å². The van der Waals surface area contributed by atoms with Crippen molar-refractivity contribution in [3.63, 3.8) is 0 Å². The SMILES string of the molecule is C[C@H]1[C@H](CO)CC(C)(C)[C@@H]1C. The van der Waals surface area contributed by atoms with Gasteiger partial charge in [0.25, 0.3) is 0 Å². The van der Waals surface area contributed by atoms with Crippen molar-refractivity contribution in [1.29, 1.82) is 0 Å². The first-order valence-corrected chi connectivity index (χ1v) is 4.60. The summed E-state index contributed by atoms with van der Waals surface area (Å²) < 4.78 is 0. The van der Waals surface area contributed by atoms with Gasteiger partial charge >= 0.3 is 0 Å². The maximum absolute atomic E-state index is 9.09. The van der Waals surface area contributed by atoms with Crippen LogP contribution in [0.4, 0.5) is 0 Å². The number of rotatable bonds is 1. The molecule has 0 aromatic carbocycles. The Labute approximate surface area is 69.8 Å². The van der Waals surface area contributed by atoms with Gasteiger partial charge in [-0.05, 0) is 29.6 Å². The van der Waals surface area contributed by atoms with E-state index in [2.05, 4.69) is 27.7 Å². The molecule has 1 heteroatoms. The fourth-order valence-corrected chi connectivity index (χ4v) is 2.40. The monoisotopic (exact) mass is 156 g/mol. The summed E-state index contributed by atoms with van der Waals surface area (Å²) in [5, 5.41) is 9.09. The molecule has 1 fully saturated rings. The number of hydrogen-bond acceptors (Lipinski definition) is 1. The molecule has 66 valence electrons. The maximum atomic E-state index is 9.09. The first-order valence-electron chi connectivity index (χ1n) is 4.60. The summed E-state index contributed by atoms with van der Waals surface area (Å²) in [5.74, 6) is 1.98. The van der Waals surface area contributed by atoms with E-state index in [1.807, 2.05) is 0 Å². The highest BCUT2D eigenvalue weighted by Gasteiger charge is 2.42. The second-order valence-electron chi connectivity index (χ2n) is 4.78. The molecule has 1 saturated carbocycles. The topological polar surface area (TPSA) is 20.2 Å². The van der Waals surface area contributed by atoms with Crippen LogP contribution in [0.3, 0.4) is 0 Å². The van der Waals surface area contributed by atoms with Crippen LogP contribution < -0.4 is 0 Å². The number of hydrogen-bond donors (Lipinski definition) is 1. The number of aliphatic hydroxyl groups excluding tert-OH is 1. The summed E-state index contributed by atoms with van der Waals surface area (Å²) in [5.41, 5.74) is 0.437. The van der Waals surface area contributed by atoms with Gasteiger partial charge in [0.1, 0.15) is 0 Å². The van der Waals surface area contributed by atoms with E-state index in [-0.39, 0.29) is 0 Å². The van der Waals surface area contributed by atoms with Gasteiger partial charge in [0.15, 0.2) is 0 Å². The van der Waals surface area contributed by atoms with Crippen LogP contribution in [-0.2, 0) is 0 Å². The van der Waals surface area contributed by atoms with Crippen molar-refractivity contribution in [2.24, 2.45) is 23.2 Å². The summed E-state index contributed by atoms with van der Waals surface area (Å²) in [4.78, 5) is 0. The fourth-order valence-electron chi connectivity index (χ4n) is 2.40. The molecule has 0 saturated heterocycles. The number of aliphatic hydroxyl groups is 1. The van der Waals surface area contributed by atoms with E-state index in [4.69, 9.17) is 5.11 Å². The summed E-state index contributed by atoms with van der Waals surface area (Å²) >= 11 is 0. The van der Waals surface area contributed by atoms with Crippen molar-refractivity contribution in [3.05, 3.63) is 0 Å². The summed E-state index contributed by atoms with van der Waals surface area (Å²) in [6.07, 6.45) is 1.19. The molecule has 1 N–H and O–H groups in total. The van der Waals surface area contributed by atoms with Gasteiger partial charge in [-0.15, -0.1) is 0 Å². The third-order valence-electron chi connectivity index (χ3n) is 3.79. The molecule has 1 rings (SSSR count). The van der Waals surface area contributed by atoms with Crippen LogP contribution in [-0.4, -0.2) is 11.7 Å². The molecule has 1 aliphatic carbocycles. The average molecular weight is 156 g/mol. The molecule has 3 atom stereocenters. The lowest BCUT2D eigenvalue weighted by atomic mass is 9.81. The molecule has 1 aliphatic rings. The van der Waals surface area contributed by atoms with Gasteiger partial charge in [-0.3, -0.25) is 0 Å². The normalized spacial score (nSPS) is 42.8. The van der Waals surface area contributed by atoms with Crippen molar-refractivity contribution in [1.82, 2.24) is 0 Å². The lowest BCUT2D eigenvalue weighted by Gasteiger charge is -2.25. The highest BCUT2D eigenvalue weighted by Crippen LogP contribution is 2.49. The molecule has 0 aromatic rings. The van der Waals surface area contributed by atoms with Gasteiger partial charge in [-0.2, -0.15) is 0 Å². The lowest BCUT2D eigenvalue weighted by molar-refractivity contribution is 0.191. The second-order valence-corrected chi connectivity index (χ2v) is 4.78. The van der Waals surface area contributed by atoms with Gasteiger partial charge in [0.2, 0.25) is 0 Å². The predicted octanol–water partition coefficient (Wildman–Crippen LogP) is 2.30. The van der Waals surface area contributed by atoms with Crippen LogP contribution in [0.25, 0.3) is 0 Å². The minimum absolute atomic E-state index is 0.370. The minimum Gasteiger partial charge on any atom is -0.396 e. The average Bonchev–Trinajstić information content (AvgIpc) is 2.13. The first-order chi connectivity index (χ1) is 4.99. The zero-order valence-electron chi connectivity index (χ0n) is 8.09. The third kappa shape index (κ3) is 1.44. The molecule has 0 bridgehead atoms. The van der Waals surface area contributed by atoms with Crippen molar-refractivity contribution < 1.29 is 5.11 Å². The highest BCUT2D eigenvalue weighted by atomic mass is 16.3. The van der Waals surface area contributed by atoms with Crippen LogP contribution in [0, 0.1) is 23.2 Å². The Bertz CT molecular complexity index is 140. The van der Waals surface area contributed by atoms with Crippen molar-refractivity contribution in [2.75, 3.05) is 6.61 Å². The Kier molecular flexibility index (Phi) is 2.29. The van der Waals surface area contributed by atoms with Crippen LogP contribution in [0.5, 0.6) is 0 Å². The summed E-state index contributed by atoms with van der Waals surface area (Å²) in [7, 11) is 0. The zero-order chi connectivity index (χ0) is 8.65. The van der Waals surface area contributed by atoms with Gasteiger partial charge in [0.05, 0.1) is 0 Å². The molecule has 0 spiro atoms. The molecule has 0 radical (unpaired) electrons. The Hall–Kier alpha value is -0.0400. The summed E-state index contributed by atoms with van der Waals surface area (Å²) in [6, 6.07) is 0. The molecule has 0 heterocycles. The summed E-state index contributed by atoms with van der Waals surface area (Å²) in [6.45, 7) is 9.56. The predicted molar refractivity (Wildman–Crippen MR) is 47.3 cm³/mol. The van der Waals surface area contributed by atoms with E-state index in [1.54, 1.807) is 0 Å². The van der Waals surface area contributed by atoms with Crippen LogP contribution in [0.2, 0.25) is 0 Å². The van der Waals surface area contributed by atoms with Crippen molar-refractivity contribution in [2.45, 2.75) is 34.1 Å². The zero-order valence-corrected chi connectivity index (χ0v) is 8.09. The van der Waals surface area contributed by atoms with Crippen molar-refractivity contribution >= 4 is 0 Å². The molecule has 0 unspecified atom stereocenters. The molecular weight excluding hydrogens is 136 g/mol. The Balaban J connectivity index is 2.69. The smallest absolute Gasteiger partial charge is 0.0462 e.